The fraction of sp³-hybridized carbons (Fsp3) is 0.174. The van der Waals surface area contributed by atoms with Crippen LogP contribution in [0.4, 0.5) is 23.1 Å². The Morgan fingerprint density at radius 1 is 0.900 bits per heavy atom. The van der Waals surface area contributed by atoms with Gasteiger partial charge >= 0.3 is 0 Å². The molecule has 4 N–H and O–H groups in total. The zero-order valence-corrected chi connectivity index (χ0v) is 16.5. The van der Waals surface area contributed by atoms with Crippen LogP contribution < -0.4 is 21.3 Å². The Labute approximate surface area is 175 Å². The van der Waals surface area contributed by atoms with E-state index in [2.05, 4.69) is 37.6 Å². The number of nitrogen functional groups attached to an aromatic ring is 1. The molecule has 1 aliphatic rings. The first-order valence-corrected chi connectivity index (χ1v) is 10.1. The van der Waals surface area contributed by atoms with Gasteiger partial charge in [-0.15, -0.1) is 0 Å². The quantitative estimate of drug-likeness (QED) is 0.486. The molecule has 0 atom stereocenters. The second-order valence-electron chi connectivity index (χ2n) is 7.26. The topological polar surface area (TPSA) is 92.0 Å². The van der Waals surface area contributed by atoms with Gasteiger partial charge in [0.05, 0.1) is 11.2 Å². The Kier molecular flexibility index (Phi) is 4.86. The van der Waals surface area contributed by atoms with Crippen LogP contribution in [-0.4, -0.2) is 41.1 Å². The van der Waals surface area contributed by atoms with Gasteiger partial charge in [-0.3, -0.25) is 4.98 Å². The Hall–Kier alpha value is -3.71. The average Bonchev–Trinajstić information content (AvgIpc) is 2.80. The van der Waals surface area contributed by atoms with E-state index in [-0.39, 0.29) is 0 Å². The zero-order valence-electron chi connectivity index (χ0n) is 16.5. The monoisotopic (exact) mass is 397 g/mol. The van der Waals surface area contributed by atoms with Crippen molar-refractivity contribution in [3.8, 4) is 11.3 Å². The fourth-order valence-corrected chi connectivity index (χ4v) is 3.77. The van der Waals surface area contributed by atoms with Crippen LogP contribution in [0, 0.1) is 0 Å². The highest BCUT2D eigenvalue weighted by Gasteiger charge is 2.13. The summed E-state index contributed by atoms with van der Waals surface area (Å²) in [5.41, 5.74) is 11.0. The molecule has 1 saturated heterocycles. The van der Waals surface area contributed by atoms with Crippen molar-refractivity contribution in [2.24, 2.45) is 0 Å². The molecule has 7 heteroatoms. The molecule has 0 spiro atoms. The molecule has 30 heavy (non-hydrogen) atoms. The van der Waals surface area contributed by atoms with Crippen molar-refractivity contribution in [2.75, 3.05) is 42.1 Å². The van der Waals surface area contributed by atoms with E-state index in [1.165, 1.54) is 5.69 Å². The molecule has 150 valence electrons. The molecule has 0 unspecified atom stereocenters. The van der Waals surface area contributed by atoms with Crippen LogP contribution in [-0.2, 0) is 0 Å². The minimum Gasteiger partial charge on any atom is -0.383 e. The standard InChI is InChI=1S/C23H23N7/c24-22-19-5-3-4-18(20-6-1-2-11-26-20)21(19)28-23(29-22)27-16-7-9-17(10-8-16)30-14-12-25-13-15-30/h1-11,25H,12-15H2,(H3,24,27,28,29). The first-order chi connectivity index (χ1) is 14.8. The van der Waals surface area contributed by atoms with E-state index in [0.29, 0.717) is 11.8 Å². The number of nitrogens with two attached hydrogens (primary N) is 1. The summed E-state index contributed by atoms with van der Waals surface area (Å²) in [4.78, 5) is 16.1. The normalized spacial score (nSPS) is 14.1. The second-order valence-corrected chi connectivity index (χ2v) is 7.26. The lowest BCUT2D eigenvalue weighted by molar-refractivity contribution is 0.589. The third-order valence-corrected chi connectivity index (χ3v) is 5.30. The van der Waals surface area contributed by atoms with Crippen molar-refractivity contribution in [1.29, 1.82) is 0 Å². The highest BCUT2D eigenvalue weighted by atomic mass is 15.2. The maximum Gasteiger partial charge on any atom is 0.229 e. The number of rotatable bonds is 4. The lowest BCUT2D eigenvalue weighted by Crippen LogP contribution is -2.43. The predicted molar refractivity (Wildman–Crippen MR) is 122 cm³/mol. The molecule has 2 aromatic carbocycles. The number of hydrogen-bond donors (Lipinski definition) is 3. The Bertz CT molecular complexity index is 1150. The number of pyridine rings is 1. The van der Waals surface area contributed by atoms with Gasteiger partial charge in [-0.1, -0.05) is 18.2 Å². The number of aromatic nitrogens is 3. The van der Waals surface area contributed by atoms with Gasteiger partial charge in [-0.05, 0) is 42.5 Å². The molecular weight excluding hydrogens is 374 g/mol. The Balaban J connectivity index is 1.46. The van der Waals surface area contributed by atoms with E-state index in [0.717, 1.165) is 54.0 Å². The third-order valence-electron chi connectivity index (χ3n) is 5.30. The maximum atomic E-state index is 6.26. The average molecular weight is 397 g/mol. The highest BCUT2D eigenvalue weighted by molar-refractivity contribution is 5.98. The summed E-state index contributed by atoms with van der Waals surface area (Å²) in [6.45, 7) is 4.08. The highest BCUT2D eigenvalue weighted by Crippen LogP contribution is 2.30. The smallest absolute Gasteiger partial charge is 0.229 e. The minimum absolute atomic E-state index is 0.442. The number of nitrogens with zero attached hydrogens (tertiary/aromatic N) is 4. The van der Waals surface area contributed by atoms with E-state index in [4.69, 9.17) is 10.7 Å². The summed E-state index contributed by atoms with van der Waals surface area (Å²) >= 11 is 0. The van der Waals surface area contributed by atoms with E-state index >= 15 is 0 Å². The van der Waals surface area contributed by atoms with Crippen molar-refractivity contribution >= 4 is 34.0 Å². The van der Waals surface area contributed by atoms with Crippen LogP contribution in [0.25, 0.3) is 22.2 Å². The van der Waals surface area contributed by atoms with Gasteiger partial charge in [0.2, 0.25) is 5.95 Å². The fourth-order valence-electron chi connectivity index (χ4n) is 3.77. The first kappa shape index (κ1) is 18.3. The number of fused-ring (bicyclic) bond motifs is 1. The molecule has 0 amide bonds. The van der Waals surface area contributed by atoms with Gasteiger partial charge in [-0.25, -0.2) is 4.98 Å². The summed E-state index contributed by atoms with van der Waals surface area (Å²) in [7, 11) is 0. The SMILES string of the molecule is Nc1nc(Nc2ccc(N3CCNCC3)cc2)nc2c(-c3ccccn3)cccc12. The lowest BCUT2D eigenvalue weighted by Gasteiger charge is -2.29. The molecule has 5 rings (SSSR count). The summed E-state index contributed by atoms with van der Waals surface area (Å²) in [6, 6.07) is 20.1. The van der Waals surface area contributed by atoms with E-state index in [1.807, 2.05) is 48.5 Å². The van der Waals surface area contributed by atoms with Crippen LogP contribution in [0.15, 0.2) is 66.9 Å². The largest absolute Gasteiger partial charge is 0.383 e. The zero-order chi connectivity index (χ0) is 20.3. The van der Waals surface area contributed by atoms with Crippen LogP contribution in [0.3, 0.4) is 0 Å². The van der Waals surface area contributed by atoms with Gasteiger partial charge in [0, 0.05) is 54.7 Å². The summed E-state index contributed by atoms with van der Waals surface area (Å²) in [6.07, 6.45) is 1.78. The molecule has 0 bridgehead atoms. The first-order valence-electron chi connectivity index (χ1n) is 10.1. The maximum absolute atomic E-state index is 6.26. The Morgan fingerprint density at radius 2 is 1.73 bits per heavy atom. The van der Waals surface area contributed by atoms with Gasteiger partial charge in [0.25, 0.3) is 0 Å². The summed E-state index contributed by atoms with van der Waals surface area (Å²) < 4.78 is 0. The van der Waals surface area contributed by atoms with Crippen LogP contribution in [0.1, 0.15) is 0 Å². The van der Waals surface area contributed by atoms with E-state index in [9.17, 15) is 0 Å². The molecule has 0 saturated carbocycles. The number of anilines is 4. The predicted octanol–water partition coefficient (Wildman–Crippen LogP) is 3.43. The van der Waals surface area contributed by atoms with Crippen molar-refractivity contribution in [1.82, 2.24) is 20.3 Å². The lowest BCUT2D eigenvalue weighted by atomic mass is 10.1. The second kappa shape index (κ2) is 7.96. The molecular formula is C23H23N7. The van der Waals surface area contributed by atoms with Crippen molar-refractivity contribution in [3.05, 3.63) is 66.9 Å². The summed E-state index contributed by atoms with van der Waals surface area (Å²) in [5, 5.41) is 7.49. The minimum atomic E-state index is 0.442. The van der Waals surface area contributed by atoms with Crippen LogP contribution >= 0.6 is 0 Å². The molecule has 7 nitrogen and oxygen atoms in total. The third kappa shape index (κ3) is 3.62. The van der Waals surface area contributed by atoms with Crippen molar-refractivity contribution in [3.63, 3.8) is 0 Å². The summed E-state index contributed by atoms with van der Waals surface area (Å²) in [5.74, 6) is 0.913. The van der Waals surface area contributed by atoms with Gasteiger partial charge < -0.3 is 21.3 Å². The van der Waals surface area contributed by atoms with Crippen LogP contribution in [0.5, 0.6) is 0 Å². The number of piperazine rings is 1. The molecule has 4 aromatic rings. The molecule has 0 aliphatic carbocycles. The van der Waals surface area contributed by atoms with Gasteiger partial charge in [-0.2, -0.15) is 4.98 Å². The van der Waals surface area contributed by atoms with Gasteiger partial charge in [0.1, 0.15) is 5.82 Å². The molecule has 0 radical (unpaired) electrons. The molecule has 1 fully saturated rings. The van der Waals surface area contributed by atoms with Crippen LogP contribution in [0.2, 0.25) is 0 Å². The molecule has 2 aromatic heterocycles. The number of hydrogen-bond acceptors (Lipinski definition) is 7. The van der Waals surface area contributed by atoms with Crippen molar-refractivity contribution in [2.45, 2.75) is 0 Å². The Morgan fingerprint density at radius 3 is 2.50 bits per heavy atom. The van der Waals surface area contributed by atoms with E-state index in [1.54, 1.807) is 6.20 Å². The molecule has 3 heterocycles. The van der Waals surface area contributed by atoms with Crippen molar-refractivity contribution < 1.29 is 0 Å². The number of para-hydroxylation sites is 1. The number of nitrogens with one attached hydrogen (secondary N) is 2. The van der Waals surface area contributed by atoms with E-state index < -0.39 is 0 Å². The molecule has 1 aliphatic heterocycles. The number of benzene rings is 2. The van der Waals surface area contributed by atoms with Gasteiger partial charge in [0.15, 0.2) is 0 Å².